The molecule has 1 heterocycles. The third-order valence-corrected chi connectivity index (χ3v) is 3.95. The summed E-state index contributed by atoms with van der Waals surface area (Å²) in [4.78, 5) is 2.64. The molecule has 2 atom stereocenters. The van der Waals surface area contributed by atoms with Crippen molar-refractivity contribution in [3.8, 4) is 0 Å². The van der Waals surface area contributed by atoms with Crippen molar-refractivity contribution in [1.82, 2.24) is 10.2 Å². The zero-order valence-electron chi connectivity index (χ0n) is 12.7. The van der Waals surface area contributed by atoms with E-state index in [0.29, 0.717) is 18.0 Å². The molecule has 2 unspecified atom stereocenters. The summed E-state index contributed by atoms with van der Waals surface area (Å²) in [5.74, 6) is 0.653. The molecule has 0 aromatic rings. The fourth-order valence-electron chi connectivity index (χ4n) is 2.93. The Morgan fingerprint density at radius 1 is 1.33 bits per heavy atom. The average Bonchev–Trinajstić information content (AvgIpc) is 2.36. The molecular formula is C15H32N2O. The van der Waals surface area contributed by atoms with Gasteiger partial charge in [-0.1, -0.05) is 27.2 Å². The van der Waals surface area contributed by atoms with Crippen LogP contribution in [-0.2, 0) is 4.74 Å². The second-order valence-electron chi connectivity index (χ2n) is 5.91. The van der Waals surface area contributed by atoms with Gasteiger partial charge >= 0.3 is 0 Å². The summed E-state index contributed by atoms with van der Waals surface area (Å²) in [6, 6.07) is 1.24. The van der Waals surface area contributed by atoms with E-state index >= 15 is 0 Å². The number of hydrogen-bond donors (Lipinski definition) is 1. The van der Waals surface area contributed by atoms with Crippen LogP contribution < -0.4 is 5.32 Å². The van der Waals surface area contributed by atoms with Gasteiger partial charge in [-0.25, -0.2) is 0 Å². The summed E-state index contributed by atoms with van der Waals surface area (Å²) in [6.07, 6.45) is 5.28. The summed E-state index contributed by atoms with van der Waals surface area (Å²) in [7, 11) is 1.82. The van der Waals surface area contributed by atoms with E-state index in [4.69, 9.17) is 4.74 Å². The molecule has 0 amide bonds. The minimum Gasteiger partial charge on any atom is -0.383 e. The highest BCUT2D eigenvalue weighted by Crippen LogP contribution is 2.15. The molecule has 3 heteroatoms. The van der Waals surface area contributed by atoms with Gasteiger partial charge in [0.25, 0.3) is 0 Å². The molecule has 3 nitrogen and oxygen atoms in total. The third-order valence-electron chi connectivity index (χ3n) is 3.95. The third kappa shape index (κ3) is 5.25. The van der Waals surface area contributed by atoms with Crippen molar-refractivity contribution in [3.63, 3.8) is 0 Å². The van der Waals surface area contributed by atoms with E-state index in [1.54, 1.807) is 0 Å². The molecule has 1 fully saturated rings. The van der Waals surface area contributed by atoms with Crippen molar-refractivity contribution in [1.29, 1.82) is 0 Å². The Hall–Kier alpha value is -0.120. The Morgan fingerprint density at radius 2 is 2.11 bits per heavy atom. The lowest BCUT2D eigenvalue weighted by Crippen LogP contribution is -2.50. The monoisotopic (exact) mass is 256 g/mol. The second-order valence-corrected chi connectivity index (χ2v) is 5.91. The fraction of sp³-hybridized carbons (Fsp3) is 1.00. The van der Waals surface area contributed by atoms with Gasteiger partial charge in [-0.3, -0.25) is 4.90 Å². The summed E-state index contributed by atoms with van der Waals surface area (Å²) >= 11 is 0. The Morgan fingerprint density at radius 3 is 2.61 bits per heavy atom. The van der Waals surface area contributed by atoms with E-state index in [0.717, 1.165) is 6.61 Å². The predicted molar refractivity (Wildman–Crippen MR) is 78.0 cm³/mol. The summed E-state index contributed by atoms with van der Waals surface area (Å²) in [5, 5.41) is 3.66. The summed E-state index contributed by atoms with van der Waals surface area (Å²) in [6.45, 7) is 11.3. The van der Waals surface area contributed by atoms with Crippen LogP contribution in [0.2, 0.25) is 0 Å². The van der Waals surface area contributed by atoms with E-state index in [1.165, 1.54) is 45.3 Å². The quantitative estimate of drug-likeness (QED) is 0.722. The first-order valence-corrected chi connectivity index (χ1v) is 7.65. The Bertz CT molecular complexity index is 203. The Labute approximate surface area is 113 Å². The van der Waals surface area contributed by atoms with Crippen molar-refractivity contribution in [3.05, 3.63) is 0 Å². The molecule has 18 heavy (non-hydrogen) atoms. The van der Waals surface area contributed by atoms with Crippen LogP contribution >= 0.6 is 0 Å². The minimum absolute atomic E-state index is 0.554. The average molecular weight is 256 g/mol. The van der Waals surface area contributed by atoms with Crippen molar-refractivity contribution in [2.24, 2.45) is 5.92 Å². The van der Waals surface area contributed by atoms with Gasteiger partial charge in [0.05, 0.1) is 6.61 Å². The molecule has 1 aliphatic rings. The number of nitrogens with one attached hydrogen (secondary N) is 1. The minimum atomic E-state index is 0.554. The van der Waals surface area contributed by atoms with Gasteiger partial charge in [-0.15, -0.1) is 0 Å². The fourth-order valence-corrected chi connectivity index (χ4v) is 2.93. The molecule has 0 radical (unpaired) electrons. The molecule has 1 aliphatic heterocycles. The Kier molecular flexibility index (Phi) is 7.87. The first kappa shape index (κ1) is 15.9. The van der Waals surface area contributed by atoms with Gasteiger partial charge in [0.1, 0.15) is 0 Å². The van der Waals surface area contributed by atoms with Crippen LogP contribution in [-0.4, -0.2) is 50.3 Å². The van der Waals surface area contributed by atoms with E-state index < -0.39 is 0 Å². The highest BCUT2D eigenvalue weighted by Gasteiger charge is 2.24. The lowest BCUT2D eigenvalue weighted by atomic mass is 9.99. The SMILES string of the molecule is CCCN(CC1CCCCN1)C(COC)C(C)C. The molecule has 0 aromatic carbocycles. The first-order valence-electron chi connectivity index (χ1n) is 7.65. The molecule has 1 N–H and O–H groups in total. The van der Waals surface area contributed by atoms with Crippen LogP contribution in [0.1, 0.15) is 46.5 Å². The van der Waals surface area contributed by atoms with Crippen LogP contribution in [0, 0.1) is 5.92 Å². The maximum absolute atomic E-state index is 5.42. The van der Waals surface area contributed by atoms with Gasteiger partial charge in [0.2, 0.25) is 0 Å². The van der Waals surface area contributed by atoms with Gasteiger partial charge in [-0.05, 0) is 38.3 Å². The van der Waals surface area contributed by atoms with Gasteiger partial charge in [-0.2, -0.15) is 0 Å². The van der Waals surface area contributed by atoms with E-state index in [-0.39, 0.29) is 0 Å². The molecule has 0 bridgehead atoms. The normalized spacial score (nSPS) is 22.7. The lowest BCUT2D eigenvalue weighted by molar-refractivity contribution is 0.0556. The van der Waals surface area contributed by atoms with Gasteiger partial charge in [0, 0.05) is 25.7 Å². The number of nitrogens with zero attached hydrogens (tertiary/aromatic N) is 1. The van der Waals surface area contributed by atoms with Gasteiger partial charge in [0.15, 0.2) is 0 Å². The molecule has 1 rings (SSSR count). The largest absolute Gasteiger partial charge is 0.383 e. The predicted octanol–water partition coefficient (Wildman–Crippen LogP) is 2.51. The van der Waals surface area contributed by atoms with Crippen LogP contribution in [0.3, 0.4) is 0 Å². The van der Waals surface area contributed by atoms with Crippen molar-refractivity contribution in [2.45, 2.75) is 58.5 Å². The number of piperidine rings is 1. The molecule has 0 aromatic heterocycles. The second kappa shape index (κ2) is 8.89. The highest BCUT2D eigenvalue weighted by molar-refractivity contribution is 4.81. The topological polar surface area (TPSA) is 24.5 Å². The van der Waals surface area contributed by atoms with Crippen LogP contribution in [0.4, 0.5) is 0 Å². The number of hydrogen-bond acceptors (Lipinski definition) is 3. The maximum atomic E-state index is 5.42. The van der Waals surface area contributed by atoms with Crippen LogP contribution in [0.25, 0.3) is 0 Å². The number of rotatable bonds is 8. The number of methoxy groups -OCH3 is 1. The summed E-state index contributed by atoms with van der Waals surface area (Å²) in [5.41, 5.74) is 0. The Balaban J connectivity index is 2.54. The zero-order valence-corrected chi connectivity index (χ0v) is 12.7. The molecule has 0 saturated carbocycles. The molecular weight excluding hydrogens is 224 g/mol. The molecule has 0 aliphatic carbocycles. The van der Waals surface area contributed by atoms with E-state index in [2.05, 4.69) is 31.0 Å². The number of ether oxygens (including phenoxy) is 1. The maximum Gasteiger partial charge on any atom is 0.0620 e. The van der Waals surface area contributed by atoms with Crippen LogP contribution in [0.5, 0.6) is 0 Å². The van der Waals surface area contributed by atoms with E-state index in [9.17, 15) is 0 Å². The van der Waals surface area contributed by atoms with Gasteiger partial charge < -0.3 is 10.1 Å². The van der Waals surface area contributed by atoms with Crippen LogP contribution in [0.15, 0.2) is 0 Å². The zero-order chi connectivity index (χ0) is 13.4. The molecule has 1 saturated heterocycles. The highest BCUT2D eigenvalue weighted by atomic mass is 16.5. The van der Waals surface area contributed by atoms with Crippen molar-refractivity contribution in [2.75, 3.05) is 33.4 Å². The molecule has 108 valence electrons. The molecule has 0 spiro atoms. The first-order chi connectivity index (χ1) is 8.69. The van der Waals surface area contributed by atoms with Crippen molar-refractivity contribution >= 4 is 0 Å². The van der Waals surface area contributed by atoms with E-state index in [1.807, 2.05) is 7.11 Å². The standard InChI is InChI=1S/C15H32N2O/c1-5-10-17(15(12-18-4)13(2)3)11-14-8-6-7-9-16-14/h13-16H,5-12H2,1-4H3. The smallest absolute Gasteiger partial charge is 0.0620 e. The van der Waals surface area contributed by atoms with Crippen molar-refractivity contribution < 1.29 is 4.74 Å². The summed E-state index contributed by atoms with van der Waals surface area (Å²) < 4.78 is 5.42. The lowest BCUT2D eigenvalue weighted by Gasteiger charge is -2.37.